The second kappa shape index (κ2) is 15.8. The van der Waals surface area contributed by atoms with E-state index in [1.807, 2.05) is 18.2 Å². The molecule has 4 N–H and O–H groups in total. The van der Waals surface area contributed by atoms with Gasteiger partial charge in [0.05, 0.1) is 26.5 Å². The zero-order chi connectivity index (χ0) is 39.7. The number of benzene rings is 2. The molecule has 0 bridgehead atoms. The van der Waals surface area contributed by atoms with E-state index in [1.54, 1.807) is 45.4 Å². The maximum atomic E-state index is 14.6. The van der Waals surface area contributed by atoms with Crippen LogP contribution in [0.1, 0.15) is 59.3 Å². The van der Waals surface area contributed by atoms with Gasteiger partial charge in [0.15, 0.2) is 5.13 Å². The summed E-state index contributed by atoms with van der Waals surface area (Å²) in [6.07, 6.45) is 2.80. The minimum Gasteiger partial charge on any atom is -0.497 e. The standard InChI is InChI=1S/C39H47N5O10S/c1-7-23-18-39(23,34(47)48)43-32(45)29-17-26(19-44(29)33(46)31(38(2,3)4)41-37(50)54-24-10-8-9-11-24)53-30-16-22(14-21-15-25(51-5)12-13-27(21)30)28-20-55-35(40-28)42-36(49)52-6/h7,12-16,20,23-24,26,29,31H,1,8-11,17-19H2,2-6H3,(H,41,50)(H,43,45)(H,47,48)(H,40,42,49)/t23-,26-,29+,31-,39-/m1/s1. The maximum Gasteiger partial charge on any atom is 0.413 e. The number of likely N-dealkylation sites (tertiary alicyclic amines) is 1. The highest BCUT2D eigenvalue weighted by Gasteiger charge is 2.61. The van der Waals surface area contributed by atoms with E-state index in [4.69, 9.17) is 18.9 Å². The van der Waals surface area contributed by atoms with Crippen molar-refractivity contribution < 1.29 is 48.0 Å². The Balaban J connectivity index is 1.32. The van der Waals surface area contributed by atoms with Crippen LogP contribution in [-0.2, 0) is 23.9 Å². The average molecular weight is 778 g/mol. The fourth-order valence-corrected chi connectivity index (χ4v) is 7.99. The van der Waals surface area contributed by atoms with E-state index in [1.165, 1.54) is 29.4 Å². The van der Waals surface area contributed by atoms with Crippen molar-refractivity contribution in [3.63, 3.8) is 0 Å². The van der Waals surface area contributed by atoms with Crippen molar-refractivity contribution in [1.29, 1.82) is 0 Å². The molecule has 2 aromatic carbocycles. The van der Waals surface area contributed by atoms with Crippen LogP contribution in [0.5, 0.6) is 11.5 Å². The van der Waals surface area contributed by atoms with Crippen LogP contribution in [0.2, 0.25) is 0 Å². The Hall–Kier alpha value is -5.38. The summed E-state index contributed by atoms with van der Waals surface area (Å²) in [6.45, 7) is 9.09. The molecule has 3 fully saturated rings. The Labute approximate surface area is 322 Å². The normalized spacial score (nSPS) is 22.7. The van der Waals surface area contributed by atoms with Crippen LogP contribution in [0.4, 0.5) is 14.7 Å². The quantitative estimate of drug-likeness (QED) is 0.164. The number of amides is 4. The van der Waals surface area contributed by atoms with Gasteiger partial charge < -0.3 is 39.6 Å². The Morgan fingerprint density at radius 3 is 2.45 bits per heavy atom. The molecule has 1 saturated heterocycles. The van der Waals surface area contributed by atoms with E-state index in [0.29, 0.717) is 27.9 Å². The number of nitrogens with one attached hydrogen (secondary N) is 3. The van der Waals surface area contributed by atoms with E-state index in [9.17, 15) is 29.1 Å². The fraction of sp³-hybridized carbons (Fsp3) is 0.487. The fourth-order valence-electron chi connectivity index (χ4n) is 7.28. The van der Waals surface area contributed by atoms with Gasteiger partial charge in [-0.3, -0.25) is 14.9 Å². The Kier molecular flexibility index (Phi) is 11.3. The minimum absolute atomic E-state index is 0.0290. The third-order valence-corrected chi connectivity index (χ3v) is 11.2. The van der Waals surface area contributed by atoms with Crippen molar-refractivity contribution >= 4 is 57.2 Å². The number of thiazole rings is 1. The first-order valence-corrected chi connectivity index (χ1v) is 19.1. The molecular weight excluding hydrogens is 731 g/mol. The van der Waals surface area contributed by atoms with Crippen molar-refractivity contribution in [2.24, 2.45) is 11.3 Å². The van der Waals surface area contributed by atoms with Crippen molar-refractivity contribution in [2.75, 3.05) is 26.1 Å². The summed E-state index contributed by atoms with van der Waals surface area (Å²) in [5.41, 5.74) is -1.11. The van der Waals surface area contributed by atoms with Gasteiger partial charge in [-0.25, -0.2) is 19.4 Å². The highest BCUT2D eigenvalue weighted by molar-refractivity contribution is 7.14. The molecule has 16 heteroatoms. The van der Waals surface area contributed by atoms with Crippen LogP contribution >= 0.6 is 11.3 Å². The number of carboxylic acid groups (broad SMARTS) is 1. The van der Waals surface area contributed by atoms with Crippen LogP contribution in [-0.4, -0.2) is 95.6 Å². The van der Waals surface area contributed by atoms with Crippen LogP contribution in [0.15, 0.2) is 48.4 Å². The van der Waals surface area contributed by atoms with Gasteiger partial charge in [0.25, 0.3) is 0 Å². The van der Waals surface area contributed by atoms with Gasteiger partial charge in [-0.15, -0.1) is 17.9 Å². The number of hydrogen-bond donors (Lipinski definition) is 4. The van der Waals surface area contributed by atoms with Gasteiger partial charge in [-0.05, 0) is 73.2 Å². The number of nitrogens with zero attached hydrogens (tertiary/aromatic N) is 2. The predicted molar refractivity (Wildman–Crippen MR) is 204 cm³/mol. The monoisotopic (exact) mass is 777 g/mol. The number of rotatable bonds is 12. The van der Waals surface area contributed by atoms with Crippen LogP contribution in [0.25, 0.3) is 22.0 Å². The first-order chi connectivity index (χ1) is 26.1. The average Bonchev–Trinajstić information content (AvgIpc) is 3.56. The van der Waals surface area contributed by atoms with Crippen molar-refractivity contribution in [3.05, 3.63) is 48.4 Å². The van der Waals surface area contributed by atoms with Crippen LogP contribution in [0.3, 0.4) is 0 Å². The molecule has 3 aromatic rings. The van der Waals surface area contributed by atoms with Gasteiger partial charge in [-0.1, -0.05) is 26.8 Å². The summed E-state index contributed by atoms with van der Waals surface area (Å²) in [5.74, 6) is -1.80. The largest absolute Gasteiger partial charge is 0.497 e. The van der Waals surface area contributed by atoms with Crippen molar-refractivity contribution in [3.8, 4) is 22.8 Å². The summed E-state index contributed by atoms with van der Waals surface area (Å²) in [5, 5.41) is 21.7. The summed E-state index contributed by atoms with van der Waals surface area (Å²) >= 11 is 1.21. The summed E-state index contributed by atoms with van der Waals surface area (Å²) < 4.78 is 22.5. The smallest absolute Gasteiger partial charge is 0.413 e. The number of ether oxygens (including phenoxy) is 4. The van der Waals surface area contributed by atoms with Crippen molar-refractivity contribution in [2.45, 2.75) is 89.1 Å². The second-order valence-corrected chi connectivity index (χ2v) is 16.1. The molecule has 2 heterocycles. The molecule has 6 rings (SSSR count). The minimum atomic E-state index is -1.53. The third-order valence-electron chi connectivity index (χ3n) is 10.4. The van der Waals surface area contributed by atoms with Gasteiger partial charge in [0.2, 0.25) is 11.8 Å². The van der Waals surface area contributed by atoms with Crippen molar-refractivity contribution in [1.82, 2.24) is 20.5 Å². The number of carbonyl (C=O) groups is 5. The lowest BCUT2D eigenvalue weighted by Gasteiger charge is -2.35. The molecule has 15 nitrogen and oxygen atoms in total. The van der Waals surface area contributed by atoms with E-state index in [2.05, 4.69) is 27.5 Å². The molecular formula is C39H47N5O10S. The number of aromatic nitrogens is 1. The first-order valence-electron chi connectivity index (χ1n) is 18.2. The molecule has 0 spiro atoms. The molecule has 0 unspecified atom stereocenters. The molecule has 1 aliphatic heterocycles. The van der Waals surface area contributed by atoms with E-state index < -0.39 is 65.0 Å². The number of hydrogen-bond acceptors (Lipinski definition) is 11. The Bertz CT molecular complexity index is 1990. The van der Waals surface area contributed by atoms with Gasteiger partial charge in [0.1, 0.15) is 41.3 Å². The Morgan fingerprint density at radius 1 is 1.07 bits per heavy atom. The lowest BCUT2D eigenvalue weighted by Crippen LogP contribution is -2.59. The predicted octanol–water partition coefficient (Wildman–Crippen LogP) is 5.73. The van der Waals surface area contributed by atoms with Gasteiger partial charge in [0, 0.05) is 28.7 Å². The molecule has 0 radical (unpaired) electrons. The molecule has 5 atom stereocenters. The molecule has 2 aliphatic carbocycles. The topological polar surface area (TPSA) is 195 Å². The number of anilines is 1. The maximum absolute atomic E-state index is 14.6. The summed E-state index contributed by atoms with van der Waals surface area (Å²) in [7, 11) is 2.82. The second-order valence-electron chi connectivity index (χ2n) is 15.3. The molecule has 2 saturated carbocycles. The highest BCUT2D eigenvalue weighted by Crippen LogP contribution is 2.45. The summed E-state index contributed by atoms with van der Waals surface area (Å²) in [6, 6.07) is 6.96. The number of carboxylic acids is 1. The lowest BCUT2D eigenvalue weighted by atomic mass is 9.85. The lowest BCUT2D eigenvalue weighted by molar-refractivity contribution is -0.146. The number of aliphatic carboxylic acids is 1. The van der Waals surface area contributed by atoms with Crippen LogP contribution < -0.4 is 25.4 Å². The summed E-state index contributed by atoms with van der Waals surface area (Å²) in [4.78, 5) is 71.8. The number of alkyl carbamates (subject to hydrolysis) is 1. The van der Waals surface area contributed by atoms with E-state index in [0.717, 1.165) is 36.5 Å². The molecule has 3 aliphatic rings. The number of methoxy groups -OCH3 is 2. The van der Waals surface area contributed by atoms with Crippen LogP contribution in [0, 0.1) is 11.3 Å². The SMILES string of the molecule is C=C[C@@H]1C[C@]1(NC(=O)[C@@H]1C[C@@H](Oc2cc(-c3csc(NC(=O)OC)n3)cc3cc(OC)ccc23)CN1C(=O)[C@@H](NC(=O)OC1CCCC1)C(C)(C)C)C(=O)O. The van der Waals surface area contributed by atoms with E-state index in [-0.39, 0.29) is 25.5 Å². The zero-order valence-corrected chi connectivity index (χ0v) is 32.3. The molecule has 294 valence electrons. The van der Waals surface area contributed by atoms with Gasteiger partial charge in [-0.2, -0.15) is 0 Å². The highest BCUT2D eigenvalue weighted by atomic mass is 32.1. The number of carbonyl (C=O) groups excluding carboxylic acids is 4. The third kappa shape index (κ3) is 8.48. The van der Waals surface area contributed by atoms with Gasteiger partial charge >= 0.3 is 18.2 Å². The number of fused-ring (bicyclic) bond motifs is 1. The van der Waals surface area contributed by atoms with E-state index >= 15 is 0 Å². The molecule has 1 aromatic heterocycles. The first kappa shape index (κ1) is 39.3. The molecule has 4 amide bonds. The Morgan fingerprint density at radius 2 is 1.82 bits per heavy atom. The zero-order valence-electron chi connectivity index (χ0n) is 31.5. The molecule has 55 heavy (non-hydrogen) atoms.